The minimum Gasteiger partial charge on any atom is -0.303 e. The van der Waals surface area contributed by atoms with Crippen LogP contribution in [0.15, 0.2) is 52.7 Å². The molecule has 3 rings (SSSR count). The van der Waals surface area contributed by atoms with Gasteiger partial charge in [-0.15, -0.1) is 5.10 Å². The lowest BCUT2D eigenvalue weighted by Gasteiger charge is -2.18. The van der Waals surface area contributed by atoms with Gasteiger partial charge in [0.05, 0.1) is 17.0 Å². The first-order valence-electron chi connectivity index (χ1n) is 9.48. The predicted octanol–water partition coefficient (Wildman–Crippen LogP) is 5.82. The zero-order valence-corrected chi connectivity index (χ0v) is 18.7. The summed E-state index contributed by atoms with van der Waals surface area (Å²) in [5, 5.41) is 10.5. The maximum atomic E-state index is 12.9. The lowest BCUT2D eigenvalue weighted by Crippen LogP contribution is -2.26. The molecule has 164 valence electrons. The number of amidine groups is 1. The van der Waals surface area contributed by atoms with Gasteiger partial charge in [0.2, 0.25) is 5.91 Å². The third kappa shape index (κ3) is 6.11. The molecular formula is C22H21ClF3N3OS. The number of alkyl halides is 3. The largest absolute Gasteiger partial charge is 0.416 e. The van der Waals surface area contributed by atoms with Gasteiger partial charge in [-0.3, -0.25) is 4.79 Å². The smallest absolute Gasteiger partial charge is 0.303 e. The minimum atomic E-state index is -4.48. The van der Waals surface area contributed by atoms with Gasteiger partial charge in [-0.1, -0.05) is 68.4 Å². The van der Waals surface area contributed by atoms with Crippen LogP contribution >= 0.6 is 23.4 Å². The molecule has 9 heteroatoms. The summed E-state index contributed by atoms with van der Waals surface area (Å²) >= 11 is 7.15. The topological polar surface area (TPSA) is 53.8 Å². The van der Waals surface area contributed by atoms with Crippen LogP contribution in [0.1, 0.15) is 43.0 Å². The fourth-order valence-electron chi connectivity index (χ4n) is 2.91. The summed E-state index contributed by atoms with van der Waals surface area (Å²) in [6, 6.07) is 11.0. The van der Waals surface area contributed by atoms with Gasteiger partial charge in [0, 0.05) is 5.02 Å². The van der Waals surface area contributed by atoms with Crippen molar-refractivity contribution < 1.29 is 18.0 Å². The van der Waals surface area contributed by atoms with Crippen molar-refractivity contribution in [2.45, 2.75) is 44.0 Å². The number of amides is 1. The van der Waals surface area contributed by atoms with Crippen molar-refractivity contribution >= 4 is 40.7 Å². The molecular weight excluding hydrogens is 447 g/mol. The molecule has 1 heterocycles. The summed E-state index contributed by atoms with van der Waals surface area (Å²) in [4.78, 5) is 12.2. The first kappa shape index (κ1) is 23.3. The van der Waals surface area contributed by atoms with Gasteiger partial charge in [0.15, 0.2) is 5.17 Å². The highest BCUT2D eigenvalue weighted by molar-refractivity contribution is 8.15. The summed E-state index contributed by atoms with van der Waals surface area (Å²) in [6.07, 6.45) is -2.85. The molecule has 1 aliphatic rings. The van der Waals surface area contributed by atoms with Gasteiger partial charge in [-0.2, -0.15) is 18.3 Å². The standard InChI is InChI=1S/C22H21ClF3N3OS/c1-21(2,3)15-6-4-13(5-7-15)12-27-29-20-28-19(30)18(31-20)11-14-10-16(22(24,25)26)8-9-17(14)23/h4-10,12,18H,11H2,1-3H3,(H,28,29,30)/b27-12+. The van der Waals surface area contributed by atoms with E-state index in [1.54, 1.807) is 6.21 Å². The van der Waals surface area contributed by atoms with Crippen LogP contribution < -0.4 is 5.32 Å². The van der Waals surface area contributed by atoms with E-state index in [2.05, 4.69) is 36.3 Å². The Balaban J connectivity index is 1.66. The Morgan fingerprint density at radius 2 is 1.74 bits per heavy atom. The van der Waals surface area contributed by atoms with Crippen molar-refractivity contribution in [1.29, 1.82) is 0 Å². The van der Waals surface area contributed by atoms with Gasteiger partial charge >= 0.3 is 6.18 Å². The Bertz CT molecular complexity index is 1030. The monoisotopic (exact) mass is 467 g/mol. The summed E-state index contributed by atoms with van der Waals surface area (Å²) in [5.41, 5.74) is 1.57. The van der Waals surface area contributed by atoms with Crippen molar-refractivity contribution in [3.05, 3.63) is 69.7 Å². The van der Waals surface area contributed by atoms with Crippen molar-refractivity contribution in [2.75, 3.05) is 0 Å². The molecule has 0 bridgehead atoms. The van der Waals surface area contributed by atoms with E-state index in [-0.39, 0.29) is 28.3 Å². The number of hydrogen-bond acceptors (Lipinski definition) is 4. The van der Waals surface area contributed by atoms with Crippen LogP contribution in [-0.2, 0) is 22.8 Å². The fourth-order valence-corrected chi connectivity index (χ4v) is 4.06. The van der Waals surface area contributed by atoms with Crippen molar-refractivity contribution in [3.8, 4) is 0 Å². The van der Waals surface area contributed by atoms with E-state index < -0.39 is 17.0 Å². The van der Waals surface area contributed by atoms with Crippen LogP contribution in [0.4, 0.5) is 13.2 Å². The van der Waals surface area contributed by atoms with E-state index >= 15 is 0 Å². The second kappa shape index (κ2) is 9.04. The highest BCUT2D eigenvalue weighted by Gasteiger charge is 2.34. The molecule has 0 aromatic heterocycles. The highest BCUT2D eigenvalue weighted by atomic mass is 35.5. The van der Waals surface area contributed by atoms with E-state index in [1.165, 1.54) is 11.6 Å². The molecule has 0 saturated carbocycles. The van der Waals surface area contributed by atoms with E-state index in [1.807, 2.05) is 24.3 Å². The second-order valence-electron chi connectivity index (χ2n) is 8.13. The Kier molecular flexibility index (Phi) is 6.81. The Hall–Kier alpha value is -2.32. The molecule has 4 nitrogen and oxygen atoms in total. The average molecular weight is 468 g/mol. The molecule has 1 N–H and O–H groups in total. The third-order valence-electron chi connectivity index (χ3n) is 4.69. The SMILES string of the molecule is CC(C)(C)c1ccc(/C=N/N=C2\NC(=O)C(Cc3cc(C(F)(F)F)ccc3Cl)S2)cc1. The molecule has 1 amide bonds. The number of rotatable bonds is 4. The summed E-state index contributed by atoms with van der Waals surface area (Å²) < 4.78 is 38.8. The lowest BCUT2D eigenvalue weighted by atomic mass is 9.87. The molecule has 0 aliphatic carbocycles. The number of nitrogens with one attached hydrogen (secondary N) is 1. The molecule has 2 aromatic rings. The van der Waals surface area contributed by atoms with Crippen molar-refractivity contribution in [2.24, 2.45) is 10.2 Å². The maximum Gasteiger partial charge on any atom is 0.416 e. The number of halogens is 4. The summed E-state index contributed by atoms with van der Waals surface area (Å²) in [5.74, 6) is -0.345. The number of carbonyl (C=O) groups excluding carboxylic acids is 1. The quantitative estimate of drug-likeness (QED) is 0.455. The Morgan fingerprint density at radius 3 is 2.35 bits per heavy atom. The van der Waals surface area contributed by atoms with Crippen LogP contribution in [0.2, 0.25) is 5.02 Å². The van der Waals surface area contributed by atoms with Crippen molar-refractivity contribution in [3.63, 3.8) is 0 Å². The maximum absolute atomic E-state index is 12.9. The van der Waals surface area contributed by atoms with Gasteiger partial charge in [0.25, 0.3) is 0 Å². The molecule has 1 saturated heterocycles. The molecule has 0 spiro atoms. The van der Waals surface area contributed by atoms with Gasteiger partial charge in [-0.05, 0) is 46.7 Å². The van der Waals surface area contributed by atoms with E-state index in [9.17, 15) is 18.0 Å². The molecule has 31 heavy (non-hydrogen) atoms. The van der Waals surface area contributed by atoms with Crippen LogP contribution in [0.25, 0.3) is 0 Å². The predicted molar refractivity (Wildman–Crippen MR) is 120 cm³/mol. The second-order valence-corrected chi connectivity index (χ2v) is 9.72. The molecule has 1 aliphatic heterocycles. The normalized spacial score (nSPS) is 18.7. The van der Waals surface area contributed by atoms with Gasteiger partial charge in [0.1, 0.15) is 0 Å². The van der Waals surface area contributed by atoms with E-state index in [0.717, 1.165) is 29.5 Å². The number of nitrogens with zero attached hydrogens (tertiary/aromatic N) is 2. The first-order valence-corrected chi connectivity index (χ1v) is 10.7. The minimum absolute atomic E-state index is 0.0518. The first-order chi connectivity index (χ1) is 14.4. The lowest BCUT2D eigenvalue weighted by molar-refractivity contribution is -0.137. The molecule has 2 aromatic carbocycles. The Labute approximate surface area is 188 Å². The molecule has 0 radical (unpaired) electrons. The summed E-state index contributed by atoms with van der Waals surface area (Å²) in [7, 11) is 0. The van der Waals surface area contributed by atoms with E-state index in [0.29, 0.717) is 5.17 Å². The van der Waals surface area contributed by atoms with Gasteiger partial charge < -0.3 is 5.32 Å². The van der Waals surface area contributed by atoms with Crippen LogP contribution in [-0.4, -0.2) is 22.5 Å². The average Bonchev–Trinajstić information content (AvgIpc) is 3.01. The number of carbonyl (C=O) groups is 1. The zero-order valence-electron chi connectivity index (χ0n) is 17.1. The zero-order chi connectivity index (χ0) is 22.8. The summed E-state index contributed by atoms with van der Waals surface area (Å²) in [6.45, 7) is 6.39. The molecule has 1 atom stereocenters. The molecule has 1 fully saturated rings. The fraction of sp³-hybridized carbons (Fsp3) is 0.318. The number of hydrogen-bond donors (Lipinski definition) is 1. The van der Waals surface area contributed by atoms with Gasteiger partial charge in [-0.25, -0.2) is 0 Å². The number of benzene rings is 2. The highest BCUT2D eigenvalue weighted by Crippen LogP contribution is 2.33. The molecule has 1 unspecified atom stereocenters. The van der Waals surface area contributed by atoms with E-state index in [4.69, 9.17) is 11.6 Å². The number of thioether (sulfide) groups is 1. The van der Waals surface area contributed by atoms with Crippen molar-refractivity contribution in [1.82, 2.24) is 5.32 Å². The van der Waals surface area contributed by atoms with Crippen LogP contribution in [0, 0.1) is 0 Å². The Morgan fingerprint density at radius 1 is 1.10 bits per heavy atom. The third-order valence-corrected chi connectivity index (χ3v) is 6.13. The van der Waals surface area contributed by atoms with Crippen LogP contribution in [0.3, 0.4) is 0 Å². The van der Waals surface area contributed by atoms with Crippen LogP contribution in [0.5, 0.6) is 0 Å².